The van der Waals surface area contributed by atoms with Gasteiger partial charge in [0.1, 0.15) is 0 Å². The SMILES string of the molecule is NS(=O)(=O)c1cccc(CNC(=O)c2cccc(Cl)c2Cl)c1. The third kappa shape index (κ3) is 3.98. The number of hydrogen-bond acceptors (Lipinski definition) is 3. The first-order valence-corrected chi connectivity index (χ1v) is 8.43. The van der Waals surface area contributed by atoms with Crippen LogP contribution in [0.5, 0.6) is 0 Å². The largest absolute Gasteiger partial charge is 0.348 e. The molecule has 116 valence electrons. The predicted octanol–water partition coefficient (Wildman–Crippen LogP) is 2.57. The number of benzene rings is 2. The second-order valence-corrected chi connectivity index (χ2v) is 6.82. The van der Waals surface area contributed by atoms with E-state index >= 15 is 0 Å². The van der Waals surface area contributed by atoms with Crippen LogP contribution in [0.3, 0.4) is 0 Å². The van der Waals surface area contributed by atoms with Crippen molar-refractivity contribution in [3.05, 3.63) is 63.6 Å². The minimum Gasteiger partial charge on any atom is -0.348 e. The maximum Gasteiger partial charge on any atom is 0.253 e. The van der Waals surface area contributed by atoms with Crippen LogP contribution in [0.25, 0.3) is 0 Å². The van der Waals surface area contributed by atoms with Gasteiger partial charge in [-0.15, -0.1) is 0 Å². The van der Waals surface area contributed by atoms with E-state index in [0.29, 0.717) is 5.56 Å². The fraction of sp³-hybridized carbons (Fsp3) is 0.0714. The van der Waals surface area contributed by atoms with Gasteiger partial charge in [-0.05, 0) is 29.8 Å². The summed E-state index contributed by atoms with van der Waals surface area (Å²) in [6.07, 6.45) is 0. The van der Waals surface area contributed by atoms with Crippen molar-refractivity contribution in [2.75, 3.05) is 0 Å². The summed E-state index contributed by atoms with van der Waals surface area (Å²) in [5.74, 6) is -0.409. The molecule has 2 aromatic carbocycles. The molecule has 0 saturated heterocycles. The van der Waals surface area contributed by atoms with Gasteiger partial charge in [-0.1, -0.05) is 41.4 Å². The first-order valence-electron chi connectivity index (χ1n) is 6.13. The van der Waals surface area contributed by atoms with Gasteiger partial charge in [-0.25, -0.2) is 13.6 Å². The van der Waals surface area contributed by atoms with Gasteiger partial charge in [0.25, 0.3) is 5.91 Å². The molecule has 22 heavy (non-hydrogen) atoms. The highest BCUT2D eigenvalue weighted by atomic mass is 35.5. The quantitative estimate of drug-likeness (QED) is 0.879. The molecule has 2 aromatic rings. The van der Waals surface area contributed by atoms with Gasteiger partial charge in [0.15, 0.2) is 0 Å². The lowest BCUT2D eigenvalue weighted by Crippen LogP contribution is -2.23. The minimum absolute atomic E-state index is 0.0139. The predicted molar refractivity (Wildman–Crippen MR) is 85.4 cm³/mol. The summed E-state index contributed by atoms with van der Waals surface area (Å²) >= 11 is 11.8. The van der Waals surface area contributed by atoms with E-state index in [2.05, 4.69) is 5.32 Å². The Balaban J connectivity index is 2.13. The molecule has 0 aromatic heterocycles. The summed E-state index contributed by atoms with van der Waals surface area (Å²) in [5, 5.41) is 8.16. The molecular formula is C14H12Cl2N2O3S. The highest BCUT2D eigenvalue weighted by Crippen LogP contribution is 2.25. The third-order valence-electron chi connectivity index (χ3n) is 2.88. The summed E-state index contributed by atoms with van der Waals surface area (Å²) < 4.78 is 22.6. The summed E-state index contributed by atoms with van der Waals surface area (Å²) in [7, 11) is -3.78. The molecule has 0 spiro atoms. The van der Waals surface area contributed by atoms with Crippen molar-refractivity contribution in [3.63, 3.8) is 0 Å². The highest BCUT2D eigenvalue weighted by Gasteiger charge is 2.13. The molecule has 0 unspecified atom stereocenters. The van der Waals surface area contributed by atoms with Gasteiger partial charge in [-0.3, -0.25) is 4.79 Å². The maximum atomic E-state index is 12.1. The Morgan fingerprint density at radius 2 is 1.82 bits per heavy atom. The Bertz CT molecular complexity index is 823. The molecule has 3 N–H and O–H groups in total. The van der Waals surface area contributed by atoms with Gasteiger partial charge in [0.2, 0.25) is 10.0 Å². The number of carbonyl (C=O) groups excluding carboxylic acids is 1. The molecule has 0 aliphatic carbocycles. The van der Waals surface area contributed by atoms with Crippen molar-refractivity contribution in [1.82, 2.24) is 5.32 Å². The number of carbonyl (C=O) groups is 1. The normalized spacial score (nSPS) is 11.2. The van der Waals surface area contributed by atoms with E-state index in [-0.39, 0.29) is 27.0 Å². The fourth-order valence-corrected chi connectivity index (χ4v) is 2.76. The molecule has 8 heteroatoms. The summed E-state index contributed by atoms with van der Waals surface area (Å²) in [6.45, 7) is 0.130. The number of nitrogens with two attached hydrogens (primary N) is 1. The van der Waals surface area contributed by atoms with Crippen LogP contribution in [0.15, 0.2) is 47.4 Å². The molecule has 2 rings (SSSR count). The highest BCUT2D eigenvalue weighted by molar-refractivity contribution is 7.89. The van der Waals surface area contributed by atoms with Crippen LogP contribution in [-0.4, -0.2) is 14.3 Å². The Hall–Kier alpha value is -1.60. The molecular weight excluding hydrogens is 347 g/mol. The zero-order valence-corrected chi connectivity index (χ0v) is 13.5. The second-order valence-electron chi connectivity index (χ2n) is 4.48. The maximum absolute atomic E-state index is 12.1. The Morgan fingerprint density at radius 1 is 1.14 bits per heavy atom. The third-order valence-corrected chi connectivity index (χ3v) is 4.61. The van der Waals surface area contributed by atoms with Crippen molar-refractivity contribution in [3.8, 4) is 0 Å². The van der Waals surface area contributed by atoms with Crippen LogP contribution in [0.4, 0.5) is 0 Å². The molecule has 5 nitrogen and oxygen atoms in total. The Morgan fingerprint density at radius 3 is 2.50 bits per heavy atom. The van der Waals surface area contributed by atoms with Crippen LogP contribution >= 0.6 is 23.2 Å². The van der Waals surface area contributed by atoms with E-state index in [4.69, 9.17) is 28.3 Å². The summed E-state index contributed by atoms with van der Waals surface area (Å²) in [5.41, 5.74) is 0.842. The molecule has 0 radical (unpaired) electrons. The Labute approximate surface area is 138 Å². The molecule has 0 heterocycles. The van der Waals surface area contributed by atoms with E-state index in [1.165, 1.54) is 12.1 Å². The zero-order valence-electron chi connectivity index (χ0n) is 11.2. The molecule has 0 atom stereocenters. The van der Waals surface area contributed by atoms with Gasteiger partial charge >= 0.3 is 0 Å². The smallest absolute Gasteiger partial charge is 0.253 e. The van der Waals surface area contributed by atoms with E-state index in [0.717, 1.165) is 0 Å². The minimum atomic E-state index is -3.78. The molecule has 0 fully saturated rings. The number of rotatable bonds is 4. The van der Waals surface area contributed by atoms with Crippen LogP contribution in [0.2, 0.25) is 10.0 Å². The molecule has 0 aliphatic heterocycles. The average molecular weight is 359 g/mol. The topological polar surface area (TPSA) is 89.3 Å². The van der Waals surface area contributed by atoms with Crippen LogP contribution in [-0.2, 0) is 16.6 Å². The van der Waals surface area contributed by atoms with E-state index in [1.54, 1.807) is 30.3 Å². The number of sulfonamides is 1. The molecule has 1 amide bonds. The lowest BCUT2D eigenvalue weighted by Gasteiger charge is -2.08. The Kier molecular flexibility index (Phi) is 5.08. The van der Waals surface area contributed by atoms with Crippen LogP contribution < -0.4 is 10.5 Å². The average Bonchev–Trinajstić information content (AvgIpc) is 2.47. The first kappa shape index (κ1) is 16.8. The number of hydrogen-bond donors (Lipinski definition) is 2. The molecule has 0 aliphatic rings. The van der Waals surface area contributed by atoms with E-state index < -0.39 is 15.9 Å². The molecule has 0 bridgehead atoms. The van der Waals surface area contributed by atoms with Gasteiger partial charge < -0.3 is 5.32 Å². The number of amides is 1. The first-order chi connectivity index (χ1) is 10.3. The van der Waals surface area contributed by atoms with Gasteiger partial charge in [0, 0.05) is 6.54 Å². The number of primary sulfonamides is 1. The van der Waals surface area contributed by atoms with Crippen LogP contribution in [0, 0.1) is 0 Å². The lowest BCUT2D eigenvalue weighted by atomic mass is 10.2. The monoisotopic (exact) mass is 358 g/mol. The van der Waals surface area contributed by atoms with Crippen LogP contribution in [0.1, 0.15) is 15.9 Å². The van der Waals surface area contributed by atoms with Crippen molar-refractivity contribution in [2.24, 2.45) is 5.14 Å². The lowest BCUT2D eigenvalue weighted by molar-refractivity contribution is 0.0951. The molecule has 0 saturated carbocycles. The number of halogens is 2. The standard InChI is InChI=1S/C14H12Cl2N2O3S/c15-12-6-2-5-11(13(12)16)14(19)18-8-9-3-1-4-10(7-9)22(17,20)21/h1-7H,8H2,(H,18,19)(H2,17,20,21). The van der Waals surface area contributed by atoms with Crippen molar-refractivity contribution < 1.29 is 13.2 Å². The van der Waals surface area contributed by atoms with E-state index in [1.807, 2.05) is 0 Å². The second kappa shape index (κ2) is 6.66. The van der Waals surface area contributed by atoms with Gasteiger partial charge in [0.05, 0.1) is 20.5 Å². The van der Waals surface area contributed by atoms with Crippen molar-refractivity contribution in [1.29, 1.82) is 0 Å². The summed E-state index contributed by atoms with van der Waals surface area (Å²) in [6, 6.07) is 10.7. The van der Waals surface area contributed by atoms with Gasteiger partial charge in [-0.2, -0.15) is 0 Å². The fourth-order valence-electron chi connectivity index (χ4n) is 1.79. The number of nitrogens with one attached hydrogen (secondary N) is 1. The van der Waals surface area contributed by atoms with E-state index in [9.17, 15) is 13.2 Å². The van der Waals surface area contributed by atoms with Crippen molar-refractivity contribution in [2.45, 2.75) is 11.4 Å². The zero-order chi connectivity index (χ0) is 16.3. The summed E-state index contributed by atoms with van der Waals surface area (Å²) in [4.78, 5) is 12.1. The van der Waals surface area contributed by atoms with Crippen molar-refractivity contribution >= 4 is 39.1 Å².